The minimum atomic E-state index is -0.208. The molecule has 0 aliphatic carbocycles. The third-order valence-corrected chi connectivity index (χ3v) is 2.38. The fourth-order valence-corrected chi connectivity index (χ4v) is 1.17. The van der Waals surface area contributed by atoms with E-state index >= 15 is 0 Å². The third-order valence-electron chi connectivity index (χ3n) is 2.38. The Morgan fingerprint density at radius 2 is 2.29 bits per heavy atom. The molecule has 0 aromatic carbocycles. The third kappa shape index (κ3) is 2.83. The molecular weight excluding hydrogens is 178 g/mol. The Kier molecular flexibility index (Phi) is 3.22. The van der Waals surface area contributed by atoms with Crippen molar-refractivity contribution in [1.29, 1.82) is 5.41 Å². The van der Waals surface area contributed by atoms with Crippen LogP contribution >= 0.6 is 0 Å². The van der Waals surface area contributed by atoms with Crippen molar-refractivity contribution in [2.75, 3.05) is 0 Å². The average molecular weight is 195 g/mol. The standard InChI is InChI=1S/C9H17N5/c1-9(2,8(10)11)4-3-5-14-7-12-6-13-14/h6-7H,3-5H2,1-2H3,(H3,10,11). The van der Waals surface area contributed by atoms with E-state index in [1.54, 1.807) is 11.0 Å². The summed E-state index contributed by atoms with van der Waals surface area (Å²) in [7, 11) is 0. The first-order valence-electron chi connectivity index (χ1n) is 4.69. The minimum absolute atomic E-state index is 0.208. The van der Waals surface area contributed by atoms with E-state index in [9.17, 15) is 0 Å². The van der Waals surface area contributed by atoms with Crippen LogP contribution in [0.5, 0.6) is 0 Å². The molecule has 14 heavy (non-hydrogen) atoms. The fraction of sp³-hybridized carbons (Fsp3) is 0.667. The Morgan fingerprint density at radius 1 is 1.57 bits per heavy atom. The van der Waals surface area contributed by atoms with Crippen LogP contribution in [0.2, 0.25) is 0 Å². The molecule has 0 aliphatic rings. The molecule has 3 N–H and O–H groups in total. The molecule has 1 aromatic heterocycles. The number of aromatic nitrogens is 3. The molecule has 5 heteroatoms. The number of hydrogen-bond acceptors (Lipinski definition) is 3. The molecule has 0 unspecified atom stereocenters. The van der Waals surface area contributed by atoms with Gasteiger partial charge in [-0.2, -0.15) is 5.10 Å². The maximum atomic E-state index is 7.39. The van der Waals surface area contributed by atoms with Crippen LogP contribution in [0.15, 0.2) is 12.7 Å². The minimum Gasteiger partial charge on any atom is -0.387 e. The van der Waals surface area contributed by atoms with E-state index in [1.807, 2.05) is 13.8 Å². The molecule has 5 nitrogen and oxygen atoms in total. The van der Waals surface area contributed by atoms with Gasteiger partial charge in [0.05, 0.1) is 5.84 Å². The summed E-state index contributed by atoms with van der Waals surface area (Å²) < 4.78 is 1.79. The van der Waals surface area contributed by atoms with Gasteiger partial charge in [0.15, 0.2) is 0 Å². The number of amidine groups is 1. The monoisotopic (exact) mass is 195 g/mol. The van der Waals surface area contributed by atoms with Crippen LogP contribution in [0.4, 0.5) is 0 Å². The van der Waals surface area contributed by atoms with Crippen molar-refractivity contribution in [3.8, 4) is 0 Å². The van der Waals surface area contributed by atoms with E-state index in [0.29, 0.717) is 0 Å². The fourth-order valence-electron chi connectivity index (χ4n) is 1.17. The highest BCUT2D eigenvalue weighted by molar-refractivity contribution is 5.82. The highest BCUT2D eigenvalue weighted by Crippen LogP contribution is 2.21. The number of hydrogen-bond donors (Lipinski definition) is 2. The van der Waals surface area contributed by atoms with E-state index in [0.717, 1.165) is 19.4 Å². The van der Waals surface area contributed by atoms with E-state index in [4.69, 9.17) is 11.1 Å². The Labute approximate surface area is 83.8 Å². The molecule has 1 rings (SSSR count). The molecule has 0 bridgehead atoms. The zero-order valence-electron chi connectivity index (χ0n) is 8.70. The van der Waals surface area contributed by atoms with Crippen molar-refractivity contribution in [1.82, 2.24) is 14.8 Å². The summed E-state index contributed by atoms with van der Waals surface area (Å²) in [6.45, 7) is 4.80. The first-order valence-corrected chi connectivity index (χ1v) is 4.69. The van der Waals surface area contributed by atoms with Crippen molar-refractivity contribution in [2.45, 2.75) is 33.2 Å². The van der Waals surface area contributed by atoms with Crippen LogP contribution in [0.3, 0.4) is 0 Å². The second kappa shape index (κ2) is 4.21. The number of nitrogens with two attached hydrogens (primary N) is 1. The summed E-state index contributed by atoms with van der Waals surface area (Å²) in [6, 6.07) is 0. The number of nitrogens with zero attached hydrogens (tertiary/aromatic N) is 3. The molecule has 0 spiro atoms. The van der Waals surface area contributed by atoms with E-state index < -0.39 is 0 Å². The lowest BCUT2D eigenvalue weighted by molar-refractivity contribution is 0.419. The van der Waals surface area contributed by atoms with Crippen molar-refractivity contribution < 1.29 is 0 Å². The average Bonchev–Trinajstić information content (AvgIpc) is 2.56. The SMILES string of the molecule is CC(C)(CCCn1cncn1)C(=N)N. The van der Waals surface area contributed by atoms with Gasteiger partial charge in [0.1, 0.15) is 12.7 Å². The maximum absolute atomic E-state index is 7.39. The molecule has 0 amide bonds. The van der Waals surface area contributed by atoms with Gasteiger partial charge in [0, 0.05) is 12.0 Å². The van der Waals surface area contributed by atoms with Crippen molar-refractivity contribution in [2.24, 2.45) is 11.1 Å². The summed E-state index contributed by atoms with van der Waals surface area (Å²) in [5.74, 6) is 0.246. The number of aryl methyl sites for hydroxylation is 1. The molecule has 78 valence electrons. The van der Waals surface area contributed by atoms with Gasteiger partial charge in [-0.15, -0.1) is 0 Å². The van der Waals surface area contributed by atoms with Gasteiger partial charge in [-0.1, -0.05) is 13.8 Å². The summed E-state index contributed by atoms with van der Waals surface area (Å²) in [5, 5.41) is 11.4. The highest BCUT2D eigenvalue weighted by Gasteiger charge is 2.20. The Hall–Kier alpha value is -1.39. The predicted octanol–water partition coefficient (Wildman–Crippen LogP) is 1.02. The van der Waals surface area contributed by atoms with Crippen molar-refractivity contribution >= 4 is 5.84 Å². The summed E-state index contributed by atoms with van der Waals surface area (Å²) in [5.41, 5.74) is 5.27. The maximum Gasteiger partial charge on any atom is 0.137 e. The predicted molar refractivity (Wildman–Crippen MR) is 55.0 cm³/mol. The van der Waals surface area contributed by atoms with E-state index in [2.05, 4.69) is 10.1 Å². The van der Waals surface area contributed by atoms with Crippen LogP contribution in [0.25, 0.3) is 0 Å². The van der Waals surface area contributed by atoms with Crippen LogP contribution in [0, 0.1) is 10.8 Å². The van der Waals surface area contributed by atoms with E-state index in [-0.39, 0.29) is 11.3 Å². The van der Waals surface area contributed by atoms with E-state index in [1.165, 1.54) is 6.33 Å². The topological polar surface area (TPSA) is 80.6 Å². The normalized spacial score (nSPS) is 11.6. The number of rotatable bonds is 5. The smallest absolute Gasteiger partial charge is 0.137 e. The first kappa shape index (κ1) is 10.7. The number of nitrogens with one attached hydrogen (secondary N) is 1. The molecule has 0 saturated heterocycles. The summed E-state index contributed by atoms with van der Waals surface area (Å²) in [6.07, 6.45) is 5.06. The molecule has 0 fully saturated rings. The molecule has 0 radical (unpaired) electrons. The molecule has 1 aromatic rings. The Morgan fingerprint density at radius 3 is 2.79 bits per heavy atom. The van der Waals surface area contributed by atoms with Gasteiger partial charge in [-0.25, -0.2) is 4.98 Å². The lowest BCUT2D eigenvalue weighted by atomic mass is 9.87. The highest BCUT2D eigenvalue weighted by atomic mass is 15.3. The molecule has 1 heterocycles. The second-order valence-corrected chi connectivity index (χ2v) is 4.06. The summed E-state index contributed by atoms with van der Waals surface area (Å²) in [4.78, 5) is 3.86. The first-order chi connectivity index (χ1) is 6.52. The lowest BCUT2D eigenvalue weighted by Gasteiger charge is -2.22. The molecule has 0 aliphatic heterocycles. The van der Waals surface area contributed by atoms with Gasteiger partial charge in [0.2, 0.25) is 0 Å². The van der Waals surface area contributed by atoms with Crippen LogP contribution in [-0.4, -0.2) is 20.6 Å². The largest absolute Gasteiger partial charge is 0.387 e. The van der Waals surface area contributed by atoms with Crippen LogP contribution < -0.4 is 5.73 Å². The molecular formula is C9H17N5. The van der Waals surface area contributed by atoms with Gasteiger partial charge in [-0.3, -0.25) is 10.1 Å². The van der Waals surface area contributed by atoms with Crippen LogP contribution in [-0.2, 0) is 6.54 Å². The summed E-state index contributed by atoms with van der Waals surface area (Å²) >= 11 is 0. The lowest BCUT2D eigenvalue weighted by Crippen LogP contribution is -2.30. The Bertz CT molecular complexity index is 288. The van der Waals surface area contributed by atoms with Crippen molar-refractivity contribution in [3.63, 3.8) is 0 Å². The Balaban J connectivity index is 2.31. The molecule has 0 saturated carbocycles. The molecule has 0 atom stereocenters. The zero-order valence-corrected chi connectivity index (χ0v) is 8.70. The van der Waals surface area contributed by atoms with Gasteiger partial charge >= 0.3 is 0 Å². The van der Waals surface area contributed by atoms with Gasteiger partial charge < -0.3 is 5.73 Å². The van der Waals surface area contributed by atoms with Crippen LogP contribution in [0.1, 0.15) is 26.7 Å². The van der Waals surface area contributed by atoms with Gasteiger partial charge in [-0.05, 0) is 12.8 Å². The van der Waals surface area contributed by atoms with Gasteiger partial charge in [0.25, 0.3) is 0 Å². The van der Waals surface area contributed by atoms with Crippen molar-refractivity contribution in [3.05, 3.63) is 12.7 Å². The quantitative estimate of drug-likeness (QED) is 0.543. The zero-order chi connectivity index (χ0) is 10.6. The second-order valence-electron chi connectivity index (χ2n) is 4.06.